The lowest BCUT2D eigenvalue weighted by molar-refractivity contribution is 0.0472. The van der Waals surface area contributed by atoms with Crippen molar-refractivity contribution < 1.29 is 14.3 Å². The van der Waals surface area contributed by atoms with Crippen LogP contribution in [0.4, 0.5) is 4.39 Å². The minimum atomic E-state index is -0.576. The average molecular weight is 315 g/mol. The Morgan fingerprint density at radius 3 is 2.57 bits per heavy atom. The number of hydrogen-bond donors (Lipinski definition) is 1. The molecule has 1 saturated heterocycles. The Bertz CT molecular complexity index is 500. The molecule has 1 amide bonds. The van der Waals surface area contributed by atoms with Gasteiger partial charge in [-0.15, -0.1) is 0 Å². The smallest absolute Gasteiger partial charge is 0.254 e. The molecule has 0 radical (unpaired) electrons. The van der Waals surface area contributed by atoms with Gasteiger partial charge in [-0.1, -0.05) is 18.5 Å². The summed E-state index contributed by atoms with van der Waals surface area (Å²) in [7, 11) is 0. The highest BCUT2D eigenvalue weighted by Crippen LogP contribution is 2.18. The zero-order valence-electron chi connectivity index (χ0n) is 12.1. The Morgan fingerprint density at radius 2 is 2.05 bits per heavy atom. The predicted octanol–water partition coefficient (Wildman–Crippen LogP) is 2.01. The molecule has 1 fully saturated rings. The van der Waals surface area contributed by atoms with Crippen molar-refractivity contribution in [2.45, 2.75) is 19.4 Å². The van der Waals surface area contributed by atoms with E-state index in [-0.39, 0.29) is 23.6 Å². The molecule has 0 aliphatic carbocycles. The number of aliphatic hydroxyl groups excluding tert-OH is 1. The second kappa shape index (κ2) is 7.20. The summed E-state index contributed by atoms with van der Waals surface area (Å²) in [4.78, 5) is 16.2. The van der Waals surface area contributed by atoms with E-state index in [0.717, 1.165) is 19.5 Å². The summed E-state index contributed by atoms with van der Waals surface area (Å²) in [5.41, 5.74) is 0.319. The molecule has 1 aromatic rings. The van der Waals surface area contributed by atoms with E-state index in [1.807, 2.05) is 6.92 Å². The van der Waals surface area contributed by atoms with Crippen LogP contribution in [0.3, 0.4) is 0 Å². The number of carbonyl (C=O) groups is 1. The number of amides is 1. The molecule has 1 aliphatic heterocycles. The molecule has 4 nitrogen and oxygen atoms in total. The van der Waals surface area contributed by atoms with Crippen molar-refractivity contribution in [3.05, 3.63) is 34.6 Å². The highest BCUT2D eigenvalue weighted by Gasteiger charge is 2.25. The first kappa shape index (κ1) is 16.2. The number of aliphatic hydroxyl groups is 1. The quantitative estimate of drug-likeness (QED) is 0.924. The summed E-state index contributed by atoms with van der Waals surface area (Å²) < 4.78 is 13.4. The Kier molecular flexibility index (Phi) is 5.56. The Labute approximate surface area is 129 Å². The molecule has 21 heavy (non-hydrogen) atoms. The van der Waals surface area contributed by atoms with E-state index >= 15 is 0 Å². The lowest BCUT2D eigenvalue weighted by Crippen LogP contribution is -2.52. The van der Waals surface area contributed by atoms with E-state index in [9.17, 15) is 14.3 Å². The van der Waals surface area contributed by atoms with Gasteiger partial charge < -0.3 is 10.0 Å². The van der Waals surface area contributed by atoms with Gasteiger partial charge in [0.25, 0.3) is 5.91 Å². The molecule has 0 bridgehead atoms. The zero-order valence-corrected chi connectivity index (χ0v) is 12.8. The summed E-state index contributed by atoms with van der Waals surface area (Å²) in [6, 6.07) is 4.27. The summed E-state index contributed by atoms with van der Waals surface area (Å²) in [6.07, 6.45) is 0.882. The Balaban J connectivity index is 1.98. The minimum absolute atomic E-state index is 0.0186. The third kappa shape index (κ3) is 3.73. The number of halogens is 2. The van der Waals surface area contributed by atoms with Gasteiger partial charge in [-0.3, -0.25) is 9.69 Å². The molecular weight excluding hydrogens is 295 g/mol. The van der Waals surface area contributed by atoms with Gasteiger partial charge in [-0.2, -0.15) is 0 Å². The van der Waals surface area contributed by atoms with Gasteiger partial charge in [-0.05, 0) is 24.6 Å². The van der Waals surface area contributed by atoms with Crippen LogP contribution >= 0.6 is 11.6 Å². The van der Waals surface area contributed by atoms with Crippen LogP contribution in [-0.4, -0.2) is 59.6 Å². The van der Waals surface area contributed by atoms with E-state index in [1.54, 1.807) is 11.0 Å². The van der Waals surface area contributed by atoms with E-state index in [4.69, 9.17) is 11.6 Å². The summed E-state index contributed by atoms with van der Waals surface area (Å²) in [6.45, 7) is 4.78. The molecule has 2 rings (SSSR count). The highest BCUT2D eigenvalue weighted by molar-refractivity contribution is 6.30. The van der Waals surface area contributed by atoms with Crippen molar-refractivity contribution >= 4 is 17.5 Å². The van der Waals surface area contributed by atoms with Crippen molar-refractivity contribution in [3.63, 3.8) is 0 Å². The maximum absolute atomic E-state index is 13.4. The second-order valence-corrected chi connectivity index (χ2v) is 5.61. The topological polar surface area (TPSA) is 43.8 Å². The van der Waals surface area contributed by atoms with Crippen LogP contribution in [0.2, 0.25) is 5.02 Å². The van der Waals surface area contributed by atoms with Gasteiger partial charge in [0.05, 0.1) is 11.6 Å². The summed E-state index contributed by atoms with van der Waals surface area (Å²) in [5, 5.41) is 9.33. The minimum Gasteiger partial charge on any atom is -0.395 e. The number of benzene rings is 1. The maximum Gasteiger partial charge on any atom is 0.254 e. The first-order chi connectivity index (χ1) is 10.1. The van der Waals surface area contributed by atoms with Crippen molar-refractivity contribution in [1.82, 2.24) is 9.80 Å². The van der Waals surface area contributed by atoms with Crippen molar-refractivity contribution in [2.24, 2.45) is 0 Å². The van der Waals surface area contributed by atoms with Gasteiger partial charge in [-0.25, -0.2) is 4.39 Å². The van der Waals surface area contributed by atoms with Crippen LogP contribution in [0.25, 0.3) is 0 Å². The molecule has 1 aliphatic rings. The SMILES string of the molecule is CCC(CO)N1CCN(C(=O)c2ccc(Cl)c(F)c2)CC1. The monoisotopic (exact) mass is 314 g/mol. The molecule has 0 spiro atoms. The van der Waals surface area contributed by atoms with Crippen LogP contribution < -0.4 is 0 Å². The fraction of sp³-hybridized carbons (Fsp3) is 0.533. The maximum atomic E-state index is 13.4. The molecule has 0 saturated carbocycles. The average Bonchev–Trinajstić information content (AvgIpc) is 2.51. The first-order valence-electron chi connectivity index (χ1n) is 7.16. The van der Waals surface area contributed by atoms with Crippen molar-refractivity contribution in [1.29, 1.82) is 0 Å². The third-order valence-electron chi connectivity index (χ3n) is 3.97. The standard InChI is InChI=1S/C15H20ClFN2O2/c1-2-12(10-20)18-5-7-19(8-6-18)15(21)11-3-4-13(16)14(17)9-11/h3-4,9,12,20H,2,5-8,10H2,1H3. The van der Waals surface area contributed by atoms with E-state index in [0.29, 0.717) is 18.7 Å². The van der Waals surface area contributed by atoms with Crippen molar-refractivity contribution in [3.8, 4) is 0 Å². The molecule has 116 valence electrons. The number of hydrogen-bond acceptors (Lipinski definition) is 3. The molecule has 1 unspecified atom stereocenters. The molecular formula is C15H20ClFN2O2. The Hall–Kier alpha value is -1.17. The molecule has 1 N–H and O–H groups in total. The van der Waals surface area contributed by atoms with Crippen LogP contribution in [-0.2, 0) is 0 Å². The van der Waals surface area contributed by atoms with Crippen LogP contribution in [0.15, 0.2) is 18.2 Å². The van der Waals surface area contributed by atoms with Crippen LogP contribution in [0, 0.1) is 5.82 Å². The summed E-state index contributed by atoms with van der Waals surface area (Å²) in [5.74, 6) is -0.755. The normalized spacial score (nSPS) is 17.8. The Morgan fingerprint density at radius 1 is 1.38 bits per heavy atom. The highest BCUT2D eigenvalue weighted by atomic mass is 35.5. The van der Waals surface area contributed by atoms with Gasteiger partial charge in [0.1, 0.15) is 5.82 Å². The van der Waals surface area contributed by atoms with Crippen LogP contribution in [0.5, 0.6) is 0 Å². The van der Waals surface area contributed by atoms with E-state index < -0.39 is 5.82 Å². The van der Waals surface area contributed by atoms with E-state index in [2.05, 4.69) is 4.90 Å². The van der Waals surface area contributed by atoms with E-state index in [1.165, 1.54) is 12.1 Å². The fourth-order valence-electron chi connectivity index (χ4n) is 2.60. The van der Waals surface area contributed by atoms with Crippen LogP contribution in [0.1, 0.15) is 23.7 Å². The van der Waals surface area contributed by atoms with Gasteiger partial charge >= 0.3 is 0 Å². The number of nitrogens with zero attached hydrogens (tertiary/aromatic N) is 2. The fourth-order valence-corrected chi connectivity index (χ4v) is 2.72. The van der Waals surface area contributed by atoms with Crippen molar-refractivity contribution in [2.75, 3.05) is 32.8 Å². The zero-order chi connectivity index (χ0) is 15.4. The summed E-state index contributed by atoms with van der Waals surface area (Å²) >= 11 is 5.63. The first-order valence-corrected chi connectivity index (χ1v) is 7.53. The third-order valence-corrected chi connectivity index (χ3v) is 4.27. The largest absolute Gasteiger partial charge is 0.395 e. The molecule has 1 heterocycles. The molecule has 0 aromatic heterocycles. The number of piperazine rings is 1. The van der Waals surface area contributed by atoms with Gasteiger partial charge in [0, 0.05) is 37.8 Å². The number of carbonyl (C=O) groups excluding carboxylic acids is 1. The van der Waals surface area contributed by atoms with Gasteiger partial charge in [0.15, 0.2) is 0 Å². The lowest BCUT2D eigenvalue weighted by Gasteiger charge is -2.38. The van der Waals surface area contributed by atoms with Gasteiger partial charge in [0.2, 0.25) is 0 Å². The number of rotatable bonds is 4. The molecule has 1 atom stereocenters. The molecule has 6 heteroatoms. The molecule has 1 aromatic carbocycles. The lowest BCUT2D eigenvalue weighted by atomic mass is 10.1. The predicted molar refractivity (Wildman–Crippen MR) is 80.1 cm³/mol. The second-order valence-electron chi connectivity index (χ2n) is 5.20.